The summed E-state index contributed by atoms with van der Waals surface area (Å²) in [7, 11) is 0. The Hall–Kier alpha value is -1.80. The minimum Gasteiger partial charge on any atom is -0.426 e. The van der Waals surface area contributed by atoms with E-state index in [0.29, 0.717) is 5.75 Å². The molecule has 0 spiro atoms. The van der Waals surface area contributed by atoms with Gasteiger partial charge in [-0.1, -0.05) is 30.9 Å². The zero-order chi connectivity index (χ0) is 12.3. The number of ether oxygens (including phenoxy) is 1. The quantitative estimate of drug-likeness (QED) is 0.470. The second-order valence-electron chi connectivity index (χ2n) is 3.58. The van der Waals surface area contributed by atoms with Crippen LogP contribution in [0.15, 0.2) is 43.0 Å². The summed E-state index contributed by atoms with van der Waals surface area (Å²) in [5.41, 5.74) is 1.06. The number of esters is 1. The maximum Gasteiger partial charge on any atom is 0.326 e. The van der Waals surface area contributed by atoms with E-state index in [9.17, 15) is 4.79 Å². The van der Waals surface area contributed by atoms with Gasteiger partial charge in [0.05, 0.1) is 0 Å². The van der Waals surface area contributed by atoms with Crippen molar-refractivity contribution in [3.8, 4) is 5.75 Å². The first kappa shape index (κ1) is 11.7. The zero-order valence-electron chi connectivity index (χ0n) is 9.15. The summed E-state index contributed by atoms with van der Waals surface area (Å²) in [6, 6.07) is 11.4. The van der Waals surface area contributed by atoms with Crippen LogP contribution in [0.1, 0.15) is 5.56 Å². The molecule has 0 aromatic heterocycles. The molecule has 2 nitrogen and oxygen atoms in total. The minimum absolute atomic E-state index is 0.145. The Morgan fingerprint density at radius 3 is 2.65 bits per heavy atom. The van der Waals surface area contributed by atoms with Crippen molar-refractivity contribution in [2.24, 2.45) is 0 Å². The molecule has 0 N–H and O–H groups in total. The van der Waals surface area contributed by atoms with Gasteiger partial charge in [0.25, 0.3) is 0 Å². The average molecular weight is 247 g/mol. The van der Waals surface area contributed by atoms with Crippen molar-refractivity contribution < 1.29 is 9.53 Å². The second-order valence-corrected chi connectivity index (χ2v) is 3.85. The van der Waals surface area contributed by atoms with Crippen molar-refractivity contribution in [1.82, 2.24) is 0 Å². The fourth-order valence-electron chi connectivity index (χ4n) is 1.59. The van der Waals surface area contributed by atoms with Crippen molar-refractivity contribution >= 4 is 34.4 Å². The fraction of sp³-hybridized carbons (Fsp3) is 0.0714. The third kappa shape index (κ3) is 2.66. The van der Waals surface area contributed by atoms with E-state index in [1.807, 2.05) is 30.3 Å². The van der Waals surface area contributed by atoms with Crippen LogP contribution in [0.3, 0.4) is 0 Å². The molecule has 3 heteroatoms. The molecule has 0 saturated carbocycles. The summed E-state index contributed by atoms with van der Waals surface area (Å²) < 4.78 is 5.04. The predicted molar refractivity (Wildman–Crippen MR) is 70.4 cm³/mol. The lowest BCUT2D eigenvalue weighted by molar-refractivity contribution is -0.131. The lowest BCUT2D eigenvalue weighted by Crippen LogP contribution is -2.08. The highest BCUT2D eigenvalue weighted by atomic mass is 35.5. The van der Waals surface area contributed by atoms with Gasteiger partial charge in [-0.3, -0.25) is 4.79 Å². The molecule has 0 radical (unpaired) electrons. The first-order valence-corrected chi connectivity index (χ1v) is 5.69. The van der Waals surface area contributed by atoms with Gasteiger partial charge >= 0.3 is 5.97 Å². The maximum absolute atomic E-state index is 11.1. The zero-order valence-corrected chi connectivity index (χ0v) is 9.91. The normalized spacial score (nSPS) is 10.2. The predicted octanol–water partition coefficient (Wildman–Crippen LogP) is 3.63. The summed E-state index contributed by atoms with van der Waals surface area (Å²) in [5, 5.41) is 2.09. The molecule has 0 heterocycles. The molecule has 17 heavy (non-hydrogen) atoms. The van der Waals surface area contributed by atoms with Crippen LogP contribution in [0.5, 0.6) is 5.75 Å². The Morgan fingerprint density at radius 2 is 1.94 bits per heavy atom. The second kappa shape index (κ2) is 5.02. The van der Waals surface area contributed by atoms with Crippen molar-refractivity contribution in [2.75, 3.05) is 5.88 Å². The van der Waals surface area contributed by atoms with Crippen LogP contribution >= 0.6 is 11.6 Å². The van der Waals surface area contributed by atoms with Crippen LogP contribution in [0.25, 0.3) is 16.8 Å². The third-order valence-corrected chi connectivity index (χ3v) is 2.63. The first-order chi connectivity index (χ1) is 8.22. The minimum atomic E-state index is -0.450. The highest BCUT2D eigenvalue weighted by molar-refractivity contribution is 6.26. The van der Waals surface area contributed by atoms with Gasteiger partial charge in [0.15, 0.2) is 0 Å². The van der Waals surface area contributed by atoms with E-state index in [0.717, 1.165) is 16.3 Å². The highest BCUT2D eigenvalue weighted by Crippen LogP contribution is 2.22. The van der Waals surface area contributed by atoms with Crippen molar-refractivity contribution in [3.63, 3.8) is 0 Å². The third-order valence-electron chi connectivity index (χ3n) is 2.41. The number of carbonyl (C=O) groups is 1. The topological polar surface area (TPSA) is 26.3 Å². The molecule has 0 aliphatic carbocycles. The molecule has 0 aliphatic rings. The molecule has 0 fully saturated rings. The van der Waals surface area contributed by atoms with E-state index in [1.54, 1.807) is 12.1 Å². The van der Waals surface area contributed by atoms with E-state index in [-0.39, 0.29) is 5.88 Å². The van der Waals surface area contributed by atoms with E-state index >= 15 is 0 Å². The van der Waals surface area contributed by atoms with Crippen molar-refractivity contribution in [1.29, 1.82) is 0 Å². The van der Waals surface area contributed by atoms with Crippen LogP contribution in [0.4, 0.5) is 0 Å². The summed E-state index contributed by atoms with van der Waals surface area (Å²) in [6.07, 6.45) is 1.79. The molecule has 0 atom stereocenters. The Morgan fingerprint density at radius 1 is 1.24 bits per heavy atom. The van der Waals surface area contributed by atoms with Crippen LogP contribution in [-0.2, 0) is 4.79 Å². The smallest absolute Gasteiger partial charge is 0.326 e. The fourth-order valence-corrected chi connectivity index (χ4v) is 1.65. The van der Waals surface area contributed by atoms with Gasteiger partial charge in [-0.25, -0.2) is 0 Å². The molecule has 0 aliphatic heterocycles. The van der Waals surface area contributed by atoms with Gasteiger partial charge in [0, 0.05) is 0 Å². The van der Waals surface area contributed by atoms with Gasteiger partial charge in [-0.2, -0.15) is 0 Å². The van der Waals surface area contributed by atoms with Crippen LogP contribution < -0.4 is 4.74 Å². The van der Waals surface area contributed by atoms with Gasteiger partial charge in [0.2, 0.25) is 0 Å². The molecule has 2 rings (SSSR count). The van der Waals surface area contributed by atoms with Gasteiger partial charge in [-0.15, -0.1) is 11.6 Å². The van der Waals surface area contributed by atoms with Gasteiger partial charge in [0.1, 0.15) is 11.6 Å². The number of halogens is 1. The first-order valence-electron chi connectivity index (χ1n) is 5.16. The number of hydrogen-bond acceptors (Lipinski definition) is 2. The Balaban J connectivity index is 2.37. The standard InChI is InChI=1S/C14H11ClO2/c1-2-10-3-4-12-8-13(17-14(16)9-15)6-5-11(12)7-10/h2-8H,1,9H2. The lowest BCUT2D eigenvalue weighted by Gasteiger charge is -2.04. The summed E-state index contributed by atoms with van der Waals surface area (Å²) in [4.78, 5) is 11.1. The number of benzene rings is 2. The van der Waals surface area contributed by atoms with E-state index in [4.69, 9.17) is 16.3 Å². The molecular formula is C14H11ClO2. The summed E-state index contributed by atoms with van der Waals surface area (Å²) in [6.45, 7) is 3.72. The Labute approximate surface area is 104 Å². The van der Waals surface area contributed by atoms with Crippen LogP contribution in [0, 0.1) is 0 Å². The number of carbonyl (C=O) groups excluding carboxylic acids is 1. The van der Waals surface area contributed by atoms with Crippen molar-refractivity contribution in [3.05, 3.63) is 48.5 Å². The molecule has 2 aromatic carbocycles. The van der Waals surface area contributed by atoms with E-state index < -0.39 is 5.97 Å². The number of fused-ring (bicyclic) bond motifs is 1. The van der Waals surface area contributed by atoms with E-state index in [1.165, 1.54) is 0 Å². The van der Waals surface area contributed by atoms with Crippen LogP contribution in [0.2, 0.25) is 0 Å². The molecule has 0 saturated heterocycles. The average Bonchev–Trinajstić information content (AvgIpc) is 2.38. The monoisotopic (exact) mass is 246 g/mol. The van der Waals surface area contributed by atoms with Crippen molar-refractivity contribution in [2.45, 2.75) is 0 Å². The summed E-state index contributed by atoms with van der Waals surface area (Å²) in [5.74, 6) is -0.0869. The SMILES string of the molecule is C=Cc1ccc2cc(OC(=O)CCl)ccc2c1. The Kier molecular flexibility index (Phi) is 3.45. The number of alkyl halides is 1. The molecule has 2 aromatic rings. The van der Waals surface area contributed by atoms with E-state index in [2.05, 4.69) is 6.58 Å². The Bertz CT molecular complexity index is 575. The largest absolute Gasteiger partial charge is 0.426 e. The molecule has 0 unspecified atom stereocenters. The number of rotatable bonds is 3. The molecule has 0 bridgehead atoms. The van der Waals surface area contributed by atoms with Gasteiger partial charge in [-0.05, 0) is 34.5 Å². The lowest BCUT2D eigenvalue weighted by atomic mass is 10.1. The highest BCUT2D eigenvalue weighted by Gasteiger charge is 2.03. The molecule has 86 valence electrons. The number of hydrogen-bond donors (Lipinski definition) is 0. The summed E-state index contributed by atoms with van der Waals surface area (Å²) >= 11 is 5.37. The maximum atomic E-state index is 11.1. The molecule has 0 amide bonds. The van der Waals surface area contributed by atoms with Crippen LogP contribution in [-0.4, -0.2) is 11.8 Å². The molecular weight excluding hydrogens is 236 g/mol. The van der Waals surface area contributed by atoms with Gasteiger partial charge < -0.3 is 4.74 Å².